The lowest BCUT2D eigenvalue weighted by atomic mass is 10.1. The summed E-state index contributed by atoms with van der Waals surface area (Å²) in [7, 11) is 3.96. The lowest BCUT2D eigenvalue weighted by Crippen LogP contribution is -2.16. The topological polar surface area (TPSA) is 42.7 Å². The predicted molar refractivity (Wildman–Crippen MR) is 73.7 cm³/mol. The zero-order valence-corrected chi connectivity index (χ0v) is 11.7. The Morgan fingerprint density at radius 1 is 1.39 bits per heavy atom. The third kappa shape index (κ3) is 2.91. The first-order valence-corrected chi connectivity index (χ1v) is 6.84. The second-order valence-electron chi connectivity index (χ2n) is 4.09. The molecule has 96 valence electrons. The van der Waals surface area contributed by atoms with Crippen LogP contribution in [0.25, 0.3) is 0 Å². The van der Waals surface area contributed by atoms with Crippen LogP contribution in [0.3, 0.4) is 0 Å². The van der Waals surface area contributed by atoms with E-state index in [0.29, 0.717) is 6.04 Å². The Morgan fingerprint density at radius 3 is 2.72 bits per heavy atom. The summed E-state index contributed by atoms with van der Waals surface area (Å²) < 4.78 is 2.00. The average Bonchev–Trinajstić information content (AvgIpc) is 2.79. The van der Waals surface area contributed by atoms with E-state index in [9.17, 15) is 0 Å². The zero-order valence-electron chi connectivity index (χ0n) is 10.9. The van der Waals surface area contributed by atoms with Crippen molar-refractivity contribution < 1.29 is 0 Å². The van der Waals surface area contributed by atoms with Gasteiger partial charge in [0.2, 0.25) is 0 Å². The van der Waals surface area contributed by atoms with E-state index >= 15 is 0 Å². The first-order chi connectivity index (χ1) is 8.74. The van der Waals surface area contributed by atoms with Gasteiger partial charge in [-0.25, -0.2) is 4.98 Å². The molecule has 1 unspecified atom stereocenters. The van der Waals surface area contributed by atoms with E-state index in [1.54, 1.807) is 18.0 Å². The summed E-state index contributed by atoms with van der Waals surface area (Å²) in [5.74, 6) is 0. The molecule has 2 heterocycles. The van der Waals surface area contributed by atoms with Crippen molar-refractivity contribution in [3.63, 3.8) is 0 Å². The summed E-state index contributed by atoms with van der Waals surface area (Å²) in [6.07, 6.45) is 6.69. The summed E-state index contributed by atoms with van der Waals surface area (Å²) in [5, 5.41) is 4.23. The number of imidazole rings is 1. The second-order valence-corrected chi connectivity index (χ2v) is 5.13. The molecule has 0 amide bonds. The number of aromatic nitrogens is 3. The molecule has 0 spiro atoms. The standard InChI is InChI=1S/C13H18N4S/c1-4-11(14-2)12-6-5-10(9-16-12)18-13-15-7-8-17(13)3/h5-9,11,14H,4H2,1-3H3. The van der Waals surface area contributed by atoms with Crippen LogP contribution in [0.5, 0.6) is 0 Å². The molecule has 5 heteroatoms. The number of aryl methyl sites for hydroxylation is 1. The third-order valence-electron chi connectivity index (χ3n) is 2.86. The Kier molecular flexibility index (Phi) is 4.38. The molecule has 1 N–H and O–H groups in total. The minimum Gasteiger partial charge on any atom is -0.329 e. The second kappa shape index (κ2) is 6.02. The molecular weight excluding hydrogens is 244 g/mol. The number of nitrogens with zero attached hydrogens (tertiary/aromatic N) is 3. The van der Waals surface area contributed by atoms with Gasteiger partial charge in [-0.2, -0.15) is 0 Å². The van der Waals surface area contributed by atoms with Gasteiger partial charge in [0.1, 0.15) is 0 Å². The van der Waals surface area contributed by atoms with E-state index in [-0.39, 0.29) is 0 Å². The van der Waals surface area contributed by atoms with Crippen LogP contribution in [0.1, 0.15) is 25.1 Å². The van der Waals surface area contributed by atoms with Crippen molar-refractivity contribution in [1.82, 2.24) is 19.9 Å². The van der Waals surface area contributed by atoms with Gasteiger partial charge in [0.25, 0.3) is 0 Å². The SMILES string of the molecule is CCC(NC)c1ccc(Sc2nccn2C)cn1. The molecular formula is C13H18N4S. The maximum atomic E-state index is 4.51. The lowest BCUT2D eigenvalue weighted by molar-refractivity contribution is 0.561. The molecule has 0 saturated carbocycles. The molecule has 0 aromatic carbocycles. The molecule has 0 fully saturated rings. The number of rotatable bonds is 5. The summed E-state index contributed by atoms with van der Waals surface area (Å²) in [4.78, 5) is 9.91. The van der Waals surface area contributed by atoms with Crippen molar-refractivity contribution in [2.24, 2.45) is 7.05 Å². The van der Waals surface area contributed by atoms with E-state index in [0.717, 1.165) is 22.2 Å². The van der Waals surface area contributed by atoms with Crippen molar-refractivity contribution in [1.29, 1.82) is 0 Å². The minimum absolute atomic E-state index is 0.331. The maximum absolute atomic E-state index is 4.51. The van der Waals surface area contributed by atoms with Crippen molar-refractivity contribution in [2.75, 3.05) is 7.05 Å². The van der Waals surface area contributed by atoms with E-state index in [1.165, 1.54) is 0 Å². The smallest absolute Gasteiger partial charge is 0.172 e. The molecule has 0 aliphatic rings. The first kappa shape index (κ1) is 13.1. The fraction of sp³-hybridized carbons (Fsp3) is 0.385. The summed E-state index contributed by atoms with van der Waals surface area (Å²) in [5.41, 5.74) is 1.09. The van der Waals surface area contributed by atoms with Gasteiger partial charge in [-0.3, -0.25) is 4.98 Å². The van der Waals surface area contributed by atoms with E-state index in [1.807, 2.05) is 31.1 Å². The van der Waals surface area contributed by atoms with Crippen LogP contribution >= 0.6 is 11.8 Å². The Labute approximate surface area is 112 Å². The Bertz CT molecular complexity index is 488. The summed E-state index contributed by atoms with van der Waals surface area (Å²) in [6.45, 7) is 2.15. The number of hydrogen-bond acceptors (Lipinski definition) is 4. The van der Waals surface area contributed by atoms with Crippen LogP contribution < -0.4 is 5.32 Å². The van der Waals surface area contributed by atoms with Crippen molar-refractivity contribution in [3.05, 3.63) is 36.4 Å². The zero-order chi connectivity index (χ0) is 13.0. The normalized spacial score (nSPS) is 12.6. The maximum Gasteiger partial charge on any atom is 0.172 e. The van der Waals surface area contributed by atoms with Crippen LogP contribution in [0, 0.1) is 0 Å². The highest BCUT2D eigenvalue weighted by atomic mass is 32.2. The highest BCUT2D eigenvalue weighted by Gasteiger charge is 2.08. The fourth-order valence-electron chi connectivity index (χ4n) is 1.78. The van der Waals surface area contributed by atoms with Crippen LogP contribution in [0.4, 0.5) is 0 Å². The van der Waals surface area contributed by atoms with Crippen molar-refractivity contribution in [2.45, 2.75) is 29.4 Å². The van der Waals surface area contributed by atoms with Crippen LogP contribution in [-0.2, 0) is 7.05 Å². The molecule has 2 aromatic heterocycles. The van der Waals surface area contributed by atoms with Crippen LogP contribution in [0.2, 0.25) is 0 Å². The van der Waals surface area contributed by atoms with E-state index in [2.05, 4.69) is 34.3 Å². The van der Waals surface area contributed by atoms with Gasteiger partial charge in [-0.15, -0.1) is 0 Å². The van der Waals surface area contributed by atoms with Crippen molar-refractivity contribution in [3.8, 4) is 0 Å². The first-order valence-electron chi connectivity index (χ1n) is 6.03. The fourth-order valence-corrected chi connectivity index (χ4v) is 2.55. The monoisotopic (exact) mass is 262 g/mol. The van der Waals surface area contributed by atoms with Crippen LogP contribution in [0.15, 0.2) is 40.8 Å². The molecule has 2 aromatic rings. The molecule has 1 atom stereocenters. The molecule has 2 rings (SSSR count). The van der Waals surface area contributed by atoms with Gasteiger partial charge >= 0.3 is 0 Å². The lowest BCUT2D eigenvalue weighted by Gasteiger charge is -2.13. The predicted octanol–water partition coefficient (Wildman–Crippen LogP) is 2.64. The van der Waals surface area contributed by atoms with Gasteiger partial charge in [-0.1, -0.05) is 18.7 Å². The number of hydrogen-bond donors (Lipinski definition) is 1. The van der Waals surface area contributed by atoms with Gasteiger partial charge in [0.05, 0.1) is 5.69 Å². The van der Waals surface area contributed by atoms with Crippen molar-refractivity contribution >= 4 is 11.8 Å². The largest absolute Gasteiger partial charge is 0.329 e. The summed E-state index contributed by atoms with van der Waals surface area (Å²) >= 11 is 1.63. The van der Waals surface area contributed by atoms with Gasteiger partial charge in [-0.05, 0) is 25.6 Å². The van der Waals surface area contributed by atoms with Gasteiger partial charge in [0.15, 0.2) is 5.16 Å². The third-order valence-corrected chi connectivity index (χ3v) is 3.91. The molecule has 0 aliphatic carbocycles. The highest BCUT2D eigenvalue weighted by molar-refractivity contribution is 7.99. The molecule has 0 bridgehead atoms. The Balaban J connectivity index is 2.10. The Morgan fingerprint density at radius 2 is 2.22 bits per heavy atom. The Hall–Kier alpha value is -1.33. The molecule has 18 heavy (non-hydrogen) atoms. The minimum atomic E-state index is 0.331. The quantitative estimate of drug-likeness (QED) is 0.899. The highest BCUT2D eigenvalue weighted by Crippen LogP contribution is 2.26. The molecule has 0 saturated heterocycles. The average molecular weight is 262 g/mol. The van der Waals surface area contributed by atoms with E-state index in [4.69, 9.17) is 0 Å². The molecule has 0 radical (unpaired) electrons. The number of pyridine rings is 1. The van der Waals surface area contributed by atoms with Gasteiger partial charge < -0.3 is 9.88 Å². The number of nitrogens with one attached hydrogen (secondary N) is 1. The van der Waals surface area contributed by atoms with E-state index < -0.39 is 0 Å². The summed E-state index contributed by atoms with van der Waals surface area (Å²) in [6, 6.07) is 4.51. The molecule has 4 nitrogen and oxygen atoms in total. The van der Waals surface area contributed by atoms with Crippen LogP contribution in [-0.4, -0.2) is 21.6 Å². The molecule has 0 aliphatic heterocycles. The van der Waals surface area contributed by atoms with Gasteiger partial charge in [0, 0.05) is 36.6 Å².